The van der Waals surface area contributed by atoms with Gasteiger partial charge in [0.15, 0.2) is 11.5 Å². The van der Waals surface area contributed by atoms with Gasteiger partial charge in [-0.15, -0.1) is 11.3 Å². The lowest BCUT2D eigenvalue weighted by atomic mass is 9.85. The number of aryl methyl sites for hydroxylation is 2. The lowest BCUT2D eigenvalue weighted by Crippen LogP contribution is -2.58. The van der Waals surface area contributed by atoms with Crippen molar-refractivity contribution in [3.05, 3.63) is 205 Å². The molecule has 0 spiro atoms. The first-order chi connectivity index (χ1) is 48.3. The van der Waals surface area contributed by atoms with E-state index in [4.69, 9.17) is 4.74 Å². The number of thiazole rings is 1. The number of unbranched alkanes of at least 4 members (excludes halogenated alkanes) is 1. The summed E-state index contributed by atoms with van der Waals surface area (Å²) in [5, 5.41) is 41.1. The molecule has 1 fully saturated rings. The molecule has 0 aliphatic carbocycles. The van der Waals surface area contributed by atoms with Crippen LogP contribution in [0.25, 0.3) is 10.4 Å². The fraction of sp³-hybridized carbons (Fsp3) is 0.365. The zero-order valence-corrected chi connectivity index (χ0v) is 60.7. The second kappa shape index (κ2) is 35.1. The maximum absolute atomic E-state index is 14.9. The van der Waals surface area contributed by atoms with Gasteiger partial charge in [-0.1, -0.05) is 152 Å². The van der Waals surface area contributed by atoms with Crippen molar-refractivity contribution in [2.75, 3.05) is 20.2 Å². The smallest absolute Gasteiger partial charge is 0.399 e. The molecule has 2 heterocycles. The number of aromatic hydroxyl groups is 1. The van der Waals surface area contributed by atoms with E-state index in [1.165, 1.54) is 35.5 Å². The third kappa shape index (κ3) is 21.4. The average Bonchev–Trinajstić information content (AvgIpc) is 1.44. The van der Waals surface area contributed by atoms with Gasteiger partial charge in [0.2, 0.25) is 41.4 Å². The maximum Gasteiger partial charge on any atom is 0.399 e. The van der Waals surface area contributed by atoms with Crippen molar-refractivity contribution in [2.45, 2.75) is 147 Å². The highest BCUT2D eigenvalue weighted by atomic mass is 79.9. The molecule has 7 atom stereocenters. The molecule has 1 aromatic heterocycles. The van der Waals surface area contributed by atoms with Gasteiger partial charge in [-0.3, -0.25) is 42.9 Å². The highest BCUT2D eigenvalue weighted by molar-refractivity contribution is 9.10. The van der Waals surface area contributed by atoms with Crippen LogP contribution in [-0.4, -0.2) is 134 Å². The number of carbonyl (C=O) groups excluding carboxylic acids is 8. The van der Waals surface area contributed by atoms with Crippen LogP contribution in [0.5, 0.6) is 11.5 Å². The van der Waals surface area contributed by atoms with Crippen LogP contribution in [0.3, 0.4) is 0 Å². The number of phenolic OH excluding ortho intramolecular Hbond substituents is 1. The van der Waals surface area contributed by atoms with Crippen LogP contribution in [0.2, 0.25) is 0 Å². The van der Waals surface area contributed by atoms with Crippen molar-refractivity contribution in [1.82, 2.24) is 47.1 Å². The quantitative estimate of drug-likeness (QED) is 0.0143. The predicted octanol–water partition coefficient (Wildman–Crippen LogP) is 8.44. The number of phenols is 1. The van der Waals surface area contributed by atoms with E-state index in [1.807, 2.05) is 45.0 Å². The van der Waals surface area contributed by atoms with Crippen LogP contribution >= 0.6 is 34.9 Å². The zero-order chi connectivity index (χ0) is 74.2. The Bertz CT molecular complexity index is 4200. The van der Waals surface area contributed by atoms with E-state index in [9.17, 15) is 71.7 Å². The third-order valence-corrected chi connectivity index (χ3v) is 20.3. The molecule has 1 aliphatic rings. The van der Waals surface area contributed by atoms with Crippen LogP contribution in [-0.2, 0) is 76.0 Å². The molecule has 0 saturated carbocycles. The lowest BCUT2D eigenvalue weighted by Gasteiger charge is -2.35. The highest BCUT2D eigenvalue weighted by Gasteiger charge is 2.50. The summed E-state index contributed by atoms with van der Waals surface area (Å²) in [6.45, 7) is 10.8. The first kappa shape index (κ1) is 78.5. The molecule has 2 unspecified atom stereocenters. The fourth-order valence-electron chi connectivity index (χ4n) is 11.7. The summed E-state index contributed by atoms with van der Waals surface area (Å²) in [5.41, 5.74) is 1.43. The van der Waals surface area contributed by atoms with Crippen LogP contribution in [0.1, 0.15) is 120 Å². The molecule has 11 N–H and O–H groups in total. The van der Waals surface area contributed by atoms with Crippen molar-refractivity contribution in [2.24, 2.45) is 5.41 Å². The van der Waals surface area contributed by atoms with Gasteiger partial charge in [-0.2, -0.15) is 8.78 Å². The van der Waals surface area contributed by atoms with Gasteiger partial charge in [0.1, 0.15) is 30.2 Å². The number of likely N-dealkylation sites (tertiary alicyclic amines) is 1. The van der Waals surface area contributed by atoms with Crippen LogP contribution in [0.4, 0.5) is 8.78 Å². The monoisotopic (exact) mass is 1500 g/mol. The maximum atomic E-state index is 14.9. The zero-order valence-electron chi connectivity index (χ0n) is 57.4. The molecule has 28 heteroatoms. The average molecular weight is 1510 g/mol. The number of nitrogens with one attached hydrogen (secondary N) is 7. The number of amides is 8. The Labute approximate surface area is 602 Å². The topological polar surface area (TPSA) is 344 Å². The lowest BCUT2D eigenvalue weighted by molar-refractivity contribution is -0.144. The summed E-state index contributed by atoms with van der Waals surface area (Å²) in [6.07, 6.45) is -1.59. The first-order valence-corrected chi connectivity index (χ1v) is 36.4. The Morgan fingerprint density at radius 3 is 1.93 bits per heavy atom. The van der Waals surface area contributed by atoms with Crippen LogP contribution < -0.4 is 42.0 Å². The number of carbonyl (C=O) groups is 8. The summed E-state index contributed by atoms with van der Waals surface area (Å²) in [4.78, 5) is 139. The van der Waals surface area contributed by atoms with Gasteiger partial charge in [-0.05, 0) is 114 Å². The summed E-state index contributed by atoms with van der Waals surface area (Å²) in [6, 6.07) is 29.3. The van der Waals surface area contributed by atoms with Crippen LogP contribution in [0, 0.1) is 19.3 Å². The minimum atomic E-state index is -5.99. The van der Waals surface area contributed by atoms with E-state index >= 15 is 0 Å². The van der Waals surface area contributed by atoms with Crippen LogP contribution in [0.15, 0.2) is 150 Å². The number of aliphatic hydroxyl groups excluding tert-OH is 1. The molecule has 23 nitrogen and oxygen atoms in total. The number of hydrogen-bond acceptors (Lipinski definition) is 14. The van der Waals surface area contributed by atoms with Crippen molar-refractivity contribution >= 4 is 82.1 Å². The summed E-state index contributed by atoms with van der Waals surface area (Å²) >= 11 is 4.98. The standard InChI is InChI=1S/C74H85BrF2N9O14PS/c1-43-19-23-53(38-56(43)75)67(91)78-31-12-11-18-57(83-70(94)59(34-47-20-28-54(29-21-47)74(76,77)101(97,98)99)84-69(93)58(33-46-14-9-8-10-15-46)82-63(89)37-49-22-30-62(100-7)61(88)35-49)68(92)79-40-50-17-13-16-48(32-50)36-64(90)85-66(73(4,5)6)72(96)86-41-55(87)39-60(86)71(95)81-44(2)51-24-26-52(27-25-51)65-45(3)80-42-102-65/h8-10,13-17,19-30,32,35,38,42,44,55,57-60,66,87-88H,11-12,18,31,33-34,36-37,39-41H2,1-7H3,(H,78,91)(H,79,92)(H,81,95)(H,82,89)(H,83,94)(H,84,93)(H,85,90)(H2,97,98,99)/t44-,55+,57-,58-,59?,60?,66+/m0/s1. The van der Waals surface area contributed by atoms with E-state index < -0.39 is 114 Å². The first-order valence-electron chi connectivity index (χ1n) is 33.1. The number of benzene rings is 6. The molecule has 542 valence electrons. The number of aliphatic hydroxyl groups is 1. The molecule has 0 bridgehead atoms. The van der Waals surface area contributed by atoms with Crippen molar-refractivity contribution in [3.8, 4) is 21.9 Å². The number of halogens is 3. The molecule has 8 amide bonds. The molecule has 8 rings (SSSR count). The number of rotatable bonds is 31. The molecular weight excluding hydrogens is 1420 g/mol. The Morgan fingerprint density at radius 2 is 1.31 bits per heavy atom. The van der Waals surface area contributed by atoms with E-state index in [0.29, 0.717) is 34.2 Å². The summed E-state index contributed by atoms with van der Waals surface area (Å²) in [7, 11) is -4.63. The fourth-order valence-corrected chi connectivity index (χ4v) is 13.4. The molecule has 6 aromatic carbocycles. The van der Waals surface area contributed by atoms with Crippen molar-refractivity contribution in [3.63, 3.8) is 0 Å². The van der Waals surface area contributed by atoms with E-state index in [2.05, 4.69) is 58.1 Å². The number of β-amino-alcohol motifs (C(OH)–C–C–N with tert-alkyl or cyclic N) is 1. The number of methoxy groups -OCH3 is 1. The minimum absolute atomic E-state index is 0.0166. The van der Waals surface area contributed by atoms with E-state index in [-0.39, 0.29) is 81.1 Å². The largest absolute Gasteiger partial charge is 0.504 e. The second-order valence-electron chi connectivity index (χ2n) is 26.4. The van der Waals surface area contributed by atoms with Gasteiger partial charge < -0.3 is 66.9 Å². The predicted molar refractivity (Wildman–Crippen MR) is 384 cm³/mol. The van der Waals surface area contributed by atoms with Gasteiger partial charge in [0, 0.05) is 54.5 Å². The SMILES string of the molecule is COc1ccc(CC(=O)N[C@@H](Cc2ccccc2)C(=O)NC(Cc2ccc(C(F)(F)P(=O)(O)O)cc2)C(=O)N[C@@H](CCCCNC(=O)c2ccc(C)c(Br)c2)C(=O)NCc2cccc(CC(=O)N[C@H](C(=O)N3C[C@H](O)CC3C(=O)N[C@@H](C)c3ccc(-c4scnc4C)cc3)C(C)(C)C)c2)cc1O. The molecule has 0 radical (unpaired) electrons. The number of hydrogen-bond donors (Lipinski definition) is 11. The number of alkyl halides is 2. The number of nitrogens with zero attached hydrogens (tertiary/aromatic N) is 2. The van der Waals surface area contributed by atoms with Crippen molar-refractivity contribution in [1.29, 1.82) is 0 Å². The van der Waals surface area contributed by atoms with Crippen molar-refractivity contribution < 1.29 is 76.4 Å². The summed E-state index contributed by atoms with van der Waals surface area (Å²) < 4.78 is 47.5. The van der Waals surface area contributed by atoms with Gasteiger partial charge in [0.25, 0.3) is 5.91 Å². The molecule has 1 aliphatic heterocycles. The summed E-state index contributed by atoms with van der Waals surface area (Å²) in [5.74, 6) is -5.18. The third-order valence-electron chi connectivity index (χ3n) is 17.4. The van der Waals surface area contributed by atoms with E-state index in [1.54, 1.807) is 105 Å². The highest BCUT2D eigenvalue weighted by Crippen LogP contribution is 2.59. The molecule has 7 aromatic rings. The number of aromatic nitrogens is 1. The van der Waals surface area contributed by atoms with Gasteiger partial charge >= 0.3 is 13.3 Å². The Morgan fingerprint density at radius 1 is 0.706 bits per heavy atom. The van der Waals surface area contributed by atoms with Gasteiger partial charge in [0.05, 0.1) is 48.2 Å². The Kier molecular flexibility index (Phi) is 27.0. The molecule has 102 heavy (non-hydrogen) atoms. The minimum Gasteiger partial charge on any atom is -0.504 e. The Balaban J connectivity index is 0.984. The number of ether oxygens (including phenoxy) is 1. The second-order valence-corrected chi connectivity index (χ2v) is 29.8. The normalized spacial score (nSPS) is 15.4. The molecular formula is C74H85BrF2N9O14PS. The Hall–Kier alpha value is -9.24. The van der Waals surface area contributed by atoms with E-state index in [0.717, 1.165) is 56.0 Å². The molecule has 1 saturated heterocycles. The van der Waals surface area contributed by atoms with Gasteiger partial charge in [-0.25, -0.2) is 4.98 Å².